The first-order chi connectivity index (χ1) is 16.4. The number of nitrogens with one attached hydrogen (secondary N) is 1. The van der Waals surface area contributed by atoms with Gasteiger partial charge < -0.3 is 10.1 Å². The molecule has 0 saturated carbocycles. The van der Waals surface area contributed by atoms with E-state index in [2.05, 4.69) is 29.5 Å². The minimum Gasteiger partial charge on any atom is -0.462 e. The molecule has 3 heterocycles. The van der Waals surface area contributed by atoms with Gasteiger partial charge in [0.1, 0.15) is 11.5 Å². The van der Waals surface area contributed by atoms with Crippen molar-refractivity contribution in [3.05, 3.63) is 36.8 Å². The van der Waals surface area contributed by atoms with Crippen molar-refractivity contribution < 1.29 is 14.3 Å². The summed E-state index contributed by atoms with van der Waals surface area (Å²) in [5.74, 6) is 0.299. The molecule has 34 heavy (non-hydrogen) atoms. The molecule has 10 heteroatoms. The van der Waals surface area contributed by atoms with Crippen molar-refractivity contribution in [3.8, 4) is 0 Å². The van der Waals surface area contributed by atoms with Crippen molar-refractivity contribution in [3.63, 3.8) is 0 Å². The zero-order valence-electron chi connectivity index (χ0n) is 19.6. The lowest BCUT2D eigenvalue weighted by molar-refractivity contribution is -0.117. The number of amides is 1. The Kier molecular flexibility index (Phi) is 6.28. The molecule has 3 aromatic heterocycles. The fourth-order valence-electron chi connectivity index (χ4n) is 4.96. The van der Waals surface area contributed by atoms with Crippen LogP contribution in [0.15, 0.2) is 4.79 Å². The lowest BCUT2D eigenvalue weighted by Crippen LogP contribution is -2.31. The number of aromatic nitrogens is 3. The first-order valence-electron chi connectivity index (χ1n) is 11.8. The molecule has 0 radical (unpaired) electrons. The second-order valence-corrected chi connectivity index (χ2v) is 11.6. The minimum atomic E-state index is -0.414. The molecule has 0 saturated heterocycles. The van der Waals surface area contributed by atoms with Gasteiger partial charge in [-0.1, -0.05) is 19.1 Å². The van der Waals surface area contributed by atoms with Crippen LogP contribution < -0.4 is 10.9 Å². The Bertz CT molecular complexity index is 1340. The monoisotopic (exact) mass is 500 g/mol. The van der Waals surface area contributed by atoms with Gasteiger partial charge in [-0.3, -0.25) is 9.59 Å². The Labute approximate surface area is 205 Å². The van der Waals surface area contributed by atoms with Gasteiger partial charge in [0.15, 0.2) is 4.83 Å². The first kappa shape index (κ1) is 23.2. The number of anilines is 1. The number of fused-ring (bicyclic) bond motifs is 4. The van der Waals surface area contributed by atoms with Crippen LogP contribution in [-0.2, 0) is 41.8 Å². The number of carbonyl (C=O) groups excluding carboxylic acids is 2. The lowest BCUT2D eigenvalue weighted by Gasteiger charge is -2.18. The molecule has 2 aliphatic rings. The number of esters is 1. The highest BCUT2D eigenvalue weighted by atomic mass is 32.1. The van der Waals surface area contributed by atoms with Gasteiger partial charge in [0.25, 0.3) is 5.56 Å². The summed E-state index contributed by atoms with van der Waals surface area (Å²) in [7, 11) is 0. The fraction of sp³-hybridized carbons (Fsp3) is 0.542. The summed E-state index contributed by atoms with van der Waals surface area (Å²) in [6.45, 7) is 6.18. The topological polar surface area (TPSA) is 103 Å². The van der Waals surface area contributed by atoms with Crippen LogP contribution in [0.2, 0.25) is 0 Å². The third-order valence-corrected chi connectivity index (χ3v) is 9.03. The van der Waals surface area contributed by atoms with Gasteiger partial charge in [-0.15, -0.1) is 27.8 Å². The van der Waals surface area contributed by atoms with E-state index in [4.69, 9.17) is 4.74 Å². The molecule has 0 aliphatic heterocycles. The highest BCUT2D eigenvalue weighted by Gasteiger charge is 2.29. The van der Waals surface area contributed by atoms with Gasteiger partial charge in [0.2, 0.25) is 5.91 Å². The van der Waals surface area contributed by atoms with Crippen molar-refractivity contribution in [2.45, 2.75) is 65.8 Å². The van der Waals surface area contributed by atoms with Gasteiger partial charge in [-0.05, 0) is 68.4 Å². The fourth-order valence-corrected chi connectivity index (χ4v) is 7.69. The lowest BCUT2D eigenvalue weighted by atomic mass is 9.88. The molecule has 1 amide bonds. The molecule has 0 bridgehead atoms. The third kappa shape index (κ3) is 4.17. The van der Waals surface area contributed by atoms with Crippen LogP contribution in [-0.4, -0.2) is 33.5 Å². The minimum absolute atomic E-state index is 0.260. The number of aryl methyl sites for hydroxylation is 1. The van der Waals surface area contributed by atoms with Crippen LogP contribution in [0.1, 0.15) is 64.9 Å². The quantitative estimate of drug-likeness (QED) is 0.532. The molecule has 0 spiro atoms. The molecule has 0 fully saturated rings. The molecule has 2 atom stereocenters. The number of ether oxygens (including phenoxy) is 1. The number of nitrogens with zero attached hydrogens (tertiary/aromatic N) is 3. The van der Waals surface area contributed by atoms with E-state index in [0.29, 0.717) is 32.6 Å². The summed E-state index contributed by atoms with van der Waals surface area (Å²) in [5.41, 5.74) is 2.22. The Hall–Kier alpha value is -2.59. The van der Waals surface area contributed by atoms with Gasteiger partial charge in [-0.25, -0.2) is 9.48 Å². The average molecular weight is 501 g/mol. The molecule has 1 N–H and O–H groups in total. The van der Waals surface area contributed by atoms with Crippen molar-refractivity contribution >= 4 is 49.8 Å². The highest BCUT2D eigenvalue weighted by Crippen LogP contribution is 2.40. The first-order valence-corrected chi connectivity index (χ1v) is 13.5. The Morgan fingerprint density at radius 1 is 1.09 bits per heavy atom. The SMILES string of the molecule is CCOC(=O)c1c(NC(=O)Cn2nnc3sc4c(c3c2=O)CC[C@@H](C)C4)sc2c1CC[C@@H](C)C2. The van der Waals surface area contributed by atoms with Gasteiger partial charge in [-0.2, -0.15) is 0 Å². The Morgan fingerprint density at radius 2 is 1.76 bits per heavy atom. The molecule has 180 valence electrons. The van der Waals surface area contributed by atoms with Crippen molar-refractivity contribution in [1.29, 1.82) is 0 Å². The smallest absolute Gasteiger partial charge is 0.341 e. The van der Waals surface area contributed by atoms with Gasteiger partial charge >= 0.3 is 5.97 Å². The Morgan fingerprint density at radius 3 is 2.47 bits per heavy atom. The zero-order valence-corrected chi connectivity index (χ0v) is 21.2. The maximum atomic E-state index is 13.2. The number of hydrogen-bond donors (Lipinski definition) is 1. The van der Waals surface area contributed by atoms with Crippen molar-refractivity contribution in [2.75, 3.05) is 11.9 Å². The second-order valence-electron chi connectivity index (χ2n) is 9.41. The second kappa shape index (κ2) is 9.22. The predicted octanol–water partition coefficient (Wildman–Crippen LogP) is 3.98. The molecule has 2 aliphatic carbocycles. The summed E-state index contributed by atoms with van der Waals surface area (Å²) in [6.07, 6.45) is 5.52. The number of carbonyl (C=O) groups is 2. The summed E-state index contributed by atoms with van der Waals surface area (Å²) in [5, 5.41) is 12.2. The van der Waals surface area contributed by atoms with E-state index in [-0.39, 0.29) is 18.7 Å². The van der Waals surface area contributed by atoms with E-state index in [1.165, 1.54) is 27.6 Å². The number of hydrogen-bond acceptors (Lipinski definition) is 8. The van der Waals surface area contributed by atoms with Crippen LogP contribution >= 0.6 is 22.7 Å². The highest BCUT2D eigenvalue weighted by molar-refractivity contribution is 7.18. The van der Waals surface area contributed by atoms with Crippen LogP contribution in [0.5, 0.6) is 0 Å². The molecular weight excluding hydrogens is 472 g/mol. The summed E-state index contributed by atoms with van der Waals surface area (Å²) < 4.78 is 6.41. The van der Waals surface area contributed by atoms with Crippen LogP contribution in [0.4, 0.5) is 5.00 Å². The van der Waals surface area contributed by atoms with Crippen LogP contribution in [0.3, 0.4) is 0 Å². The molecular formula is C24H28N4O4S2. The van der Waals surface area contributed by atoms with E-state index in [1.54, 1.807) is 6.92 Å². The summed E-state index contributed by atoms with van der Waals surface area (Å²) >= 11 is 2.97. The van der Waals surface area contributed by atoms with Gasteiger partial charge in [0.05, 0.1) is 17.6 Å². The molecule has 3 aromatic rings. The van der Waals surface area contributed by atoms with E-state index >= 15 is 0 Å². The van der Waals surface area contributed by atoms with Crippen LogP contribution in [0, 0.1) is 11.8 Å². The molecule has 5 rings (SSSR count). The normalized spacial score (nSPS) is 19.5. The predicted molar refractivity (Wildman–Crippen MR) is 133 cm³/mol. The van der Waals surface area contributed by atoms with E-state index in [0.717, 1.165) is 59.2 Å². The Balaban J connectivity index is 1.42. The maximum absolute atomic E-state index is 13.2. The summed E-state index contributed by atoms with van der Waals surface area (Å²) in [6, 6.07) is 0. The third-order valence-electron chi connectivity index (χ3n) is 6.72. The van der Waals surface area contributed by atoms with E-state index in [1.807, 2.05) is 0 Å². The van der Waals surface area contributed by atoms with Crippen molar-refractivity contribution in [2.24, 2.45) is 11.8 Å². The zero-order chi connectivity index (χ0) is 24.0. The molecule has 0 aromatic carbocycles. The maximum Gasteiger partial charge on any atom is 0.341 e. The molecule has 8 nitrogen and oxygen atoms in total. The van der Waals surface area contributed by atoms with Crippen LogP contribution in [0.25, 0.3) is 10.2 Å². The largest absolute Gasteiger partial charge is 0.462 e. The van der Waals surface area contributed by atoms with Gasteiger partial charge in [0, 0.05) is 9.75 Å². The van der Waals surface area contributed by atoms with Crippen molar-refractivity contribution in [1.82, 2.24) is 15.0 Å². The van der Waals surface area contributed by atoms with E-state index < -0.39 is 11.9 Å². The van der Waals surface area contributed by atoms with E-state index in [9.17, 15) is 14.4 Å². The number of rotatable bonds is 5. The number of thiophene rings is 2. The summed E-state index contributed by atoms with van der Waals surface area (Å²) in [4.78, 5) is 41.8. The standard InChI is InChI=1S/C24H28N4O4S2/c1-4-32-24(31)20-15-8-6-13(3)10-17(15)33-21(20)25-18(29)11-28-23(30)19-14-7-5-12(2)9-16(14)34-22(19)26-27-28/h12-13H,4-11H2,1-3H3,(H,25,29)/t12-,13-/m1/s1. The average Bonchev–Trinajstić information content (AvgIpc) is 3.32. The molecule has 0 unspecified atom stereocenters.